The first-order chi connectivity index (χ1) is 12.5. The van der Waals surface area contributed by atoms with E-state index in [9.17, 15) is 9.59 Å². The Morgan fingerprint density at radius 2 is 1.92 bits per heavy atom. The molecule has 0 bridgehead atoms. The minimum atomic E-state index is -0.380. The normalized spacial score (nSPS) is 10.7. The van der Waals surface area contributed by atoms with Crippen molar-refractivity contribution in [2.24, 2.45) is 0 Å². The van der Waals surface area contributed by atoms with E-state index >= 15 is 0 Å². The molecule has 0 saturated heterocycles. The smallest absolute Gasteiger partial charge is 0.336 e. The van der Waals surface area contributed by atoms with Crippen LogP contribution in [-0.2, 0) is 11.2 Å². The number of hydrogen-bond acceptors (Lipinski definition) is 4. The monoisotopic (exact) mass is 463 g/mol. The average Bonchev–Trinajstić information content (AvgIpc) is 2.62. The van der Waals surface area contributed by atoms with Gasteiger partial charge in [0.1, 0.15) is 11.3 Å². The van der Waals surface area contributed by atoms with Crippen LogP contribution in [0.4, 0.5) is 5.69 Å². The molecule has 134 valence electrons. The summed E-state index contributed by atoms with van der Waals surface area (Å²) in [7, 11) is 0. The number of aryl methyl sites for hydroxylation is 1. The summed E-state index contributed by atoms with van der Waals surface area (Å²) in [5.74, 6) is 0.222. The van der Waals surface area contributed by atoms with Gasteiger partial charge < -0.3 is 14.5 Å². The van der Waals surface area contributed by atoms with Gasteiger partial charge in [0.2, 0.25) is 0 Å². The van der Waals surface area contributed by atoms with E-state index in [0.717, 1.165) is 27.4 Å². The van der Waals surface area contributed by atoms with Gasteiger partial charge in [-0.05, 0) is 71.0 Å². The van der Waals surface area contributed by atoms with Crippen LogP contribution >= 0.6 is 22.6 Å². The van der Waals surface area contributed by atoms with E-state index in [-0.39, 0.29) is 18.1 Å². The number of halogens is 1. The lowest BCUT2D eigenvalue weighted by Gasteiger charge is -2.09. The molecule has 0 atom stereocenters. The summed E-state index contributed by atoms with van der Waals surface area (Å²) in [4.78, 5) is 23.7. The first kappa shape index (κ1) is 18.4. The molecule has 0 aliphatic rings. The molecule has 0 aliphatic heterocycles. The van der Waals surface area contributed by atoms with Gasteiger partial charge in [-0.15, -0.1) is 0 Å². The first-order valence-corrected chi connectivity index (χ1v) is 9.38. The van der Waals surface area contributed by atoms with Crippen LogP contribution < -0.4 is 15.7 Å². The summed E-state index contributed by atoms with van der Waals surface area (Å²) in [5.41, 5.74) is 1.76. The maximum Gasteiger partial charge on any atom is 0.336 e. The van der Waals surface area contributed by atoms with Gasteiger partial charge in [-0.1, -0.05) is 13.3 Å². The highest BCUT2D eigenvalue weighted by Gasteiger charge is 2.08. The van der Waals surface area contributed by atoms with Crippen molar-refractivity contribution in [3.63, 3.8) is 0 Å². The zero-order valence-corrected chi connectivity index (χ0v) is 16.4. The molecule has 0 unspecified atom stereocenters. The minimum absolute atomic E-state index is 0.129. The Morgan fingerprint density at radius 3 is 2.65 bits per heavy atom. The fourth-order valence-electron chi connectivity index (χ4n) is 2.66. The van der Waals surface area contributed by atoms with E-state index in [1.54, 1.807) is 12.1 Å². The van der Waals surface area contributed by atoms with Crippen molar-refractivity contribution in [2.75, 3.05) is 11.9 Å². The van der Waals surface area contributed by atoms with Gasteiger partial charge in [0.05, 0.1) is 0 Å². The number of rotatable bonds is 6. The molecule has 0 radical (unpaired) electrons. The zero-order valence-electron chi connectivity index (χ0n) is 14.3. The van der Waals surface area contributed by atoms with Gasteiger partial charge >= 0.3 is 5.63 Å². The van der Waals surface area contributed by atoms with Crippen molar-refractivity contribution >= 4 is 45.2 Å². The summed E-state index contributed by atoms with van der Waals surface area (Å²) in [5, 5.41) is 3.66. The number of carbonyl (C=O) groups is 1. The number of carbonyl (C=O) groups excluding carboxylic acids is 1. The van der Waals surface area contributed by atoms with E-state index in [2.05, 4.69) is 34.8 Å². The molecular formula is C20H18INO4. The second-order valence-electron chi connectivity index (χ2n) is 5.84. The number of hydrogen-bond donors (Lipinski definition) is 1. The average molecular weight is 463 g/mol. The lowest BCUT2D eigenvalue weighted by Crippen LogP contribution is -2.20. The number of amides is 1. The quantitative estimate of drug-likeness (QED) is 0.436. The lowest BCUT2D eigenvalue weighted by molar-refractivity contribution is -0.118. The molecular weight excluding hydrogens is 445 g/mol. The first-order valence-electron chi connectivity index (χ1n) is 8.30. The van der Waals surface area contributed by atoms with Gasteiger partial charge in [0.15, 0.2) is 6.61 Å². The largest absolute Gasteiger partial charge is 0.484 e. The molecule has 1 aromatic heterocycles. The van der Waals surface area contributed by atoms with E-state index in [1.165, 1.54) is 6.07 Å². The molecule has 1 N–H and O–H groups in total. The van der Waals surface area contributed by atoms with Crippen LogP contribution in [0.3, 0.4) is 0 Å². The Labute approximate surface area is 164 Å². The topological polar surface area (TPSA) is 68.5 Å². The van der Waals surface area contributed by atoms with Gasteiger partial charge in [-0.3, -0.25) is 4.79 Å². The Hall–Kier alpha value is -2.35. The number of anilines is 1. The molecule has 6 heteroatoms. The highest BCUT2D eigenvalue weighted by atomic mass is 127. The zero-order chi connectivity index (χ0) is 18.5. The summed E-state index contributed by atoms with van der Waals surface area (Å²) < 4.78 is 11.9. The fraction of sp³-hybridized carbons (Fsp3) is 0.200. The molecule has 3 aromatic rings. The van der Waals surface area contributed by atoms with Crippen LogP contribution in [0, 0.1) is 3.57 Å². The molecule has 0 saturated carbocycles. The minimum Gasteiger partial charge on any atom is -0.484 e. The molecule has 1 amide bonds. The van der Waals surface area contributed by atoms with Crippen molar-refractivity contribution in [3.05, 3.63) is 68.1 Å². The van der Waals surface area contributed by atoms with Crippen LogP contribution in [0.2, 0.25) is 0 Å². The summed E-state index contributed by atoms with van der Waals surface area (Å²) in [6.45, 7) is 1.93. The predicted molar refractivity (Wildman–Crippen MR) is 110 cm³/mol. The number of nitrogens with one attached hydrogen (secondary N) is 1. The standard InChI is InChI=1S/C20H18INO4/c1-2-3-13-10-20(24)26-18-11-16(8-9-17(13)18)25-12-19(23)22-15-6-4-14(21)5-7-15/h4-11H,2-3,12H2,1H3,(H,22,23). The maximum atomic E-state index is 12.0. The van der Waals surface area contributed by atoms with Gasteiger partial charge in [-0.2, -0.15) is 0 Å². The Bertz CT molecular complexity index is 979. The van der Waals surface area contributed by atoms with E-state index < -0.39 is 0 Å². The van der Waals surface area contributed by atoms with Crippen LogP contribution in [-0.4, -0.2) is 12.5 Å². The maximum absolute atomic E-state index is 12.0. The number of fused-ring (bicyclic) bond motifs is 1. The molecule has 2 aromatic carbocycles. The van der Waals surface area contributed by atoms with E-state index in [4.69, 9.17) is 9.15 Å². The van der Waals surface area contributed by atoms with Gasteiger partial charge in [-0.25, -0.2) is 4.79 Å². The van der Waals surface area contributed by atoms with Gasteiger partial charge in [0, 0.05) is 26.8 Å². The molecule has 5 nitrogen and oxygen atoms in total. The third kappa shape index (κ3) is 4.63. The SMILES string of the molecule is CCCc1cc(=O)oc2cc(OCC(=O)Nc3ccc(I)cc3)ccc12. The molecule has 26 heavy (non-hydrogen) atoms. The van der Waals surface area contributed by atoms with Crippen LogP contribution in [0.25, 0.3) is 11.0 Å². The number of benzene rings is 2. The highest BCUT2D eigenvalue weighted by molar-refractivity contribution is 14.1. The lowest BCUT2D eigenvalue weighted by atomic mass is 10.1. The van der Waals surface area contributed by atoms with Crippen LogP contribution in [0.15, 0.2) is 57.7 Å². The predicted octanol–water partition coefficient (Wildman–Crippen LogP) is 4.37. The second kappa shape index (κ2) is 8.35. The third-order valence-electron chi connectivity index (χ3n) is 3.82. The Kier molecular flexibility index (Phi) is 5.92. The van der Waals surface area contributed by atoms with E-state index in [1.807, 2.05) is 30.3 Å². The fourth-order valence-corrected chi connectivity index (χ4v) is 3.01. The summed E-state index contributed by atoms with van der Waals surface area (Å²) in [6, 6.07) is 14.3. The van der Waals surface area contributed by atoms with Crippen molar-refractivity contribution in [3.8, 4) is 5.75 Å². The Balaban J connectivity index is 1.69. The third-order valence-corrected chi connectivity index (χ3v) is 4.54. The van der Waals surface area contributed by atoms with Crippen molar-refractivity contribution < 1.29 is 13.9 Å². The number of ether oxygens (including phenoxy) is 1. The summed E-state index contributed by atoms with van der Waals surface area (Å²) in [6.07, 6.45) is 1.75. The highest BCUT2D eigenvalue weighted by Crippen LogP contribution is 2.23. The van der Waals surface area contributed by atoms with Crippen molar-refractivity contribution in [2.45, 2.75) is 19.8 Å². The molecule has 0 fully saturated rings. The Morgan fingerprint density at radius 1 is 1.15 bits per heavy atom. The van der Waals surface area contributed by atoms with Crippen LogP contribution in [0.5, 0.6) is 5.75 Å². The molecule has 1 heterocycles. The molecule has 3 rings (SSSR count). The van der Waals surface area contributed by atoms with Crippen LogP contribution in [0.1, 0.15) is 18.9 Å². The summed E-state index contributed by atoms with van der Waals surface area (Å²) >= 11 is 2.20. The molecule has 0 spiro atoms. The van der Waals surface area contributed by atoms with Crippen molar-refractivity contribution in [1.29, 1.82) is 0 Å². The second-order valence-corrected chi connectivity index (χ2v) is 7.09. The van der Waals surface area contributed by atoms with E-state index in [0.29, 0.717) is 17.0 Å². The van der Waals surface area contributed by atoms with Gasteiger partial charge in [0.25, 0.3) is 5.91 Å². The molecule has 0 aliphatic carbocycles. The van der Waals surface area contributed by atoms with Crippen molar-refractivity contribution in [1.82, 2.24) is 0 Å².